The van der Waals surface area contributed by atoms with E-state index in [-0.39, 0.29) is 0 Å². The lowest BCUT2D eigenvalue weighted by Gasteiger charge is -2.16. The summed E-state index contributed by atoms with van der Waals surface area (Å²) in [6, 6.07) is 12.6. The van der Waals surface area contributed by atoms with Gasteiger partial charge in [0.25, 0.3) is 5.91 Å². The van der Waals surface area contributed by atoms with Crippen molar-refractivity contribution in [2.45, 2.75) is 19.9 Å². The SMILES string of the molecule is Cc1cc2c(C(N)=O)cccn2c1-c1nc(NCc2cccc(B(O)O)c2)c2c(n1)N(C)CC2. The molecule has 0 saturated heterocycles. The van der Waals surface area contributed by atoms with Crippen molar-refractivity contribution in [3.63, 3.8) is 0 Å². The second kappa shape index (κ2) is 8.47. The molecule has 9 nitrogen and oxygen atoms in total. The summed E-state index contributed by atoms with van der Waals surface area (Å²) >= 11 is 0. The highest BCUT2D eigenvalue weighted by Gasteiger charge is 2.25. The molecule has 10 heteroatoms. The Kier molecular flexibility index (Phi) is 5.47. The molecule has 3 aromatic heterocycles. The third-order valence-electron chi connectivity index (χ3n) is 6.23. The summed E-state index contributed by atoms with van der Waals surface area (Å²) in [4.78, 5) is 23.8. The second-order valence-electron chi connectivity index (χ2n) is 8.56. The number of pyridine rings is 1. The number of anilines is 2. The summed E-state index contributed by atoms with van der Waals surface area (Å²) in [5.41, 5.74) is 10.9. The van der Waals surface area contributed by atoms with Crippen molar-refractivity contribution in [3.8, 4) is 11.5 Å². The lowest BCUT2D eigenvalue weighted by Crippen LogP contribution is -2.30. The zero-order valence-electron chi connectivity index (χ0n) is 19.0. The minimum absolute atomic E-state index is 0.438. The molecule has 1 aliphatic rings. The summed E-state index contributed by atoms with van der Waals surface area (Å²) in [7, 11) is 0.492. The molecule has 0 saturated carbocycles. The Morgan fingerprint density at radius 1 is 1.21 bits per heavy atom. The molecule has 4 heterocycles. The smallest absolute Gasteiger partial charge is 0.423 e. The van der Waals surface area contributed by atoms with Crippen LogP contribution in [-0.2, 0) is 13.0 Å². The number of hydrogen-bond donors (Lipinski definition) is 4. The molecule has 0 bridgehead atoms. The van der Waals surface area contributed by atoms with Crippen LogP contribution in [0.5, 0.6) is 0 Å². The number of benzene rings is 1. The number of carbonyl (C=O) groups is 1. The van der Waals surface area contributed by atoms with Gasteiger partial charge in [-0.2, -0.15) is 0 Å². The third kappa shape index (κ3) is 3.76. The van der Waals surface area contributed by atoms with Crippen molar-refractivity contribution in [2.24, 2.45) is 5.73 Å². The van der Waals surface area contributed by atoms with E-state index in [0.29, 0.717) is 28.9 Å². The summed E-state index contributed by atoms with van der Waals surface area (Å²) in [6.07, 6.45) is 2.70. The molecule has 5 rings (SSSR count). The average Bonchev–Trinajstić information content (AvgIpc) is 3.36. The standard InChI is InChI=1S/C24H25BN6O3/c1-14-11-19-17(21(26)32)7-4-9-31(19)20(14)23-28-22(18-8-10-30(2)24(18)29-23)27-13-15-5-3-6-16(12-15)25(33)34/h3-7,9,11-12,33-34H,8,10,13H2,1-2H3,(H2,26,32)(H,27,28,29). The summed E-state index contributed by atoms with van der Waals surface area (Å²) in [6.45, 7) is 3.27. The monoisotopic (exact) mass is 456 g/mol. The Bertz CT molecular complexity index is 1420. The van der Waals surface area contributed by atoms with Gasteiger partial charge in [-0.3, -0.25) is 4.79 Å². The topological polar surface area (TPSA) is 129 Å². The van der Waals surface area contributed by atoms with Gasteiger partial charge in [0.05, 0.1) is 16.8 Å². The maximum absolute atomic E-state index is 11.9. The predicted octanol–water partition coefficient (Wildman–Crippen LogP) is 1.09. The van der Waals surface area contributed by atoms with Crippen LogP contribution < -0.4 is 21.4 Å². The zero-order chi connectivity index (χ0) is 24.0. The van der Waals surface area contributed by atoms with Crippen molar-refractivity contribution >= 4 is 35.6 Å². The van der Waals surface area contributed by atoms with Crippen LogP contribution in [0.2, 0.25) is 0 Å². The number of fused-ring (bicyclic) bond motifs is 2. The van der Waals surface area contributed by atoms with Crippen LogP contribution in [0.1, 0.15) is 27.0 Å². The van der Waals surface area contributed by atoms with Crippen LogP contribution in [-0.4, -0.2) is 51.0 Å². The van der Waals surface area contributed by atoms with Crippen LogP contribution >= 0.6 is 0 Å². The number of likely N-dealkylation sites (N-methyl/N-ethyl adjacent to an activating group) is 1. The van der Waals surface area contributed by atoms with E-state index < -0.39 is 13.0 Å². The van der Waals surface area contributed by atoms with Crippen LogP contribution in [0.15, 0.2) is 48.7 Å². The lowest BCUT2D eigenvalue weighted by molar-refractivity contribution is 0.100. The van der Waals surface area contributed by atoms with Crippen molar-refractivity contribution in [3.05, 3.63) is 70.9 Å². The highest BCUT2D eigenvalue weighted by Crippen LogP contribution is 2.34. The number of amides is 1. The van der Waals surface area contributed by atoms with Gasteiger partial charge in [-0.1, -0.05) is 24.3 Å². The first-order chi connectivity index (χ1) is 16.3. The predicted molar refractivity (Wildman–Crippen MR) is 132 cm³/mol. The molecule has 0 atom stereocenters. The number of nitrogens with two attached hydrogens (primary N) is 1. The number of aromatic nitrogens is 3. The summed E-state index contributed by atoms with van der Waals surface area (Å²) in [5, 5.41) is 22.4. The average molecular weight is 456 g/mol. The highest BCUT2D eigenvalue weighted by molar-refractivity contribution is 6.58. The van der Waals surface area contributed by atoms with Crippen molar-refractivity contribution < 1.29 is 14.8 Å². The van der Waals surface area contributed by atoms with E-state index in [9.17, 15) is 14.8 Å². The van der Waals surface area contributed by atoms with E-state index in [2.05, 4.69) is 10.2 Å². The molecule has 4 aromatic rings. The van der Waals surface area contributed by atoms with Crippen molar-refractivity contribution in [2.75, 3.05) is 23.8 Å². The third-order valence-corrected chi connectivity index (χ3v) is 6.23. The molecule has 34 heavy (non-hydrogen) atoms. The molecule has 0 aliphatic carbocycles. The Morgan fingerprint density at radius 3 is 2.79 bits per heavy atom. The Labute approximate surface area is 197 Å². The molecule has 0 radical (unpaired) electrons. The van der Waals surface area contributed by atoms with Gasteiger partial charge in [0.1, 0.15) is 11.6 Å². The minimum atomic E-state index is -1.51. The molecule has 0 spiro atoms. The van der Waals surface area contributed by atoms with E-state index >= 15 is 0 Å². The quantitative estimate of drug-likeness (QED) is 0.320. The molecule has 1 aliphatic heterocycles. The van der Waals surface area contributed by atoms with E-state index in [1.165, 1.54) is 0 Å². The maximum Gasteiger partial charge on any atom is 0.488 e. The molecule has 1 amide bonds. The van der Waals surface area contributed by atoms with Crippen molar-refractivity contribution in [1.29, 1.82) is 0 Å². The fourth-order valence-electron chi connectivity index (χ4n) is 4.52. The number of primary amides is 1. The number of aryl methyl sites for hydroxylation is 1. The van der Waals surface area contributed by atoms with Gasteiger partial charge in [0, 0.05) is 31.9 Å². The molecule has 0 fully saturated rings. The first-order valence-electron chi connectivity index (χ1n) is 11.0. The fraction of sp³-hybridized carbons (Fsp3) is 0.208. The van der Waals surface area contributed by atoms with Gasteiger partial charge in [-0.15, -0.1) is 0 Å². The van der Waals surface area contributed by atoms with Crippen LogP contribution in [0, 0.1) is 6.92 Å². The summed E-state index contributed by atoms with van der Waals surface area (Å²) in [5.74, 6) is 1.67. The molecule has 172 valence electrons. The van der Waals surface area contributed by atoms with E-state index in [1.54, 1.807) is 30.3 Å². The van der Waals surface area contributed by atoms with Gasteiger partial charge >= 0.3 is 7.12 Å². The fourth-order valence-corrected chi connectivity index (χ4v) is 4.52. The molecule has 0 unspecified atom stereocenters. The first-order valence-corrected chi connectivity index (χ1v) is 11.0. The normalized spacial score (nSPS) is 12.8. The van der Waals surface area contributed by atoms with E-state index in [0.717, 1.165) is 47.0 Å². The Hall–Kier alpha value is -3.89. The van der Waals surface area contributed by atoms with E-state index in [1.807, 2.05) is 36.7 Å². The number of nitrogens with one attached hydrogen (secondary N) is 1. The Balaban J connectivity index is 1.58. The van der Waals surface area contributed by atoms with Gasteiger partial charge in [0.2, 0.25) is 0 Å². The van der Waals surface area contributed by atoms with Crippen LogP contribution in [0.3, 0.4) is 0 Å². The highest BCUT2D eigenvalue weighted by atomic mass is 16.4. The lowest BCUT2D eigenvalue weighted by atomic mass is 9.79. The number of carbonyl (C=O) groups excluding carboxylic acids is 1. The first kappa shape index (κ1) is 21.9. The molecular formula is C24H25BN6O3. The molecule has 5 N–H and O–H groups in total. The second-order valence-corrected chi connectivity index (χ2v) is 8.56. The van der Waals surface area contributed by atoms with Gasteiger partial charge in [-0.25, -0.2) is 9.97 Å². The Morgan fingerprint density at radius 2 is 2.03 bits per heavy atom. The van der Waals surface area contributed by atoms with E-state index in [4.69, 9.17) is 15.7 Å². The van der Waals surface area contributed by atoms with Crippen LogP contribution in [0.4, 0.5) is 11.6 Å². The zero-order valence-corrected chi connectivity index (χ0v) is 19.0. The molecule has 1 aromatic carbocycles. The maximum atomic E-state index is 11.9. The minimum Gasteiger partial charge on any atom is -0.423 e. The summed E-state index contributed by atoms with van der Waals surface area (Å²) < 4.78 is 1.90. The largest absolute Gasteiger partial charge is 0.488 e. The van der Waals surface area contributed by atoms with Crippen molar-refractivity contribution in [1.82, 2.24) is 14.4 Å². The number of nitrogens with zero attached hydrogens (tertiary/aromatic N) is 4. The number of rotatable bonds is 6. The van der Waals surface area contributed by atoms with Crippen LogP contribution in [0.25, 0.3) is 17.0 Å². The van der Waals surface area contributed by atoms with Gasteiger partial charge in [0.15, 0.2) is 5.82 Å². The number of hydrogen-bond acceptors (Lipinski definition) is 7. The molecular weight excluding hydrogens is 431 g/mol. The van der Waals surface area contributed by atoms with Gasteiger partial charge < -0.3 is 30.4 Å². The van der Waals surface area contributed by atoms with Gasteiger partial charge in [-0.05, 0) is 48.1 Å².